The van der Waals surface area contributed by atoms with Crippen molar-refractivity contribution in [2.24, 2.45) is 0 Å². The Morgan fingerprint density at radius 1 is 0.935 bits per heavy atom. The maximum Gasteiger partial charge on any atom is 0.138 e. The summed E-state index contributed by atoms with van der Waals surface area (Å²) < 4.78 is 0. The minimum atomic E-state index is 0.966. The third-order valence-corrected chi connectivity index (χ3v) is 6.62. The summed E-state index contributed by atoms with van der Waals surface area (Å²) in [5, 5.41) is 11.0. The molecule has 1 aliphatic carbocycles. The van der Waals surface area contributed by atoms with E-state index in [1.807, 2.05) is 25.1 Å². The van der Waals surface area contributed by atoms with Crippen molar-refractivity contribution in [1.29, 1.82) is 5.26 Å². The fourth-order valence-corrected chi connectivity index (χ4v) is 4.66. The predicted molar refractivity (Wildman–Crippen MR) is 132 cm³/mol. The van der Waals surface area contributed by atoms with Gasteiger partial charge in [0, 0.05) is 16.0 Å². The number of allylic oxidation sites excluding steroid dienone is 1. The highest BCUT2D eigenvalue weighted by atomic mass is 32.2. The smallest absolute Gasteiger partial charge is 0.138 e. The molecule has 3 aromatic rings. The molecule has 0 saturated heterocycles. The first kappa shape index (κ1) is 21.0. The Morgan fingerprint density at radius 3 is 2.39 bits per heavy atom. The van der Waals surface area contributed by atoms with E-state index >= 15 is 0 Å². The number of nitriles is 1. The van der Waals surface area contributed by atoms with E-state index in [0.717, 1.165) is 28.0 Å². The van der Waals surface area contributed by atoms with Crippen molar-refractivity contribution in [3.63, 3.8) is 0 Å². The molecule has 0 saturated carbocycles. The lowest BCUT2D eigenvalue weighted by Crippen LogP contribution is -1.93. The normalized spacial score (nSPS) is 11.9. The van der Waals surface area contributed by atoms with Gasteiger partial charge in [-0.05, 0) is 102 Å². The summed E-state index contributed by atoms with van der Waals surface area (Å²) in [6, 6.07) is 19.0. The van der Waals surface area contributed by atoms with Crippen LogP contribution in [-0.2, 0) is 6.42 Å². The van der Waals surface area contributed by atoms with Crippen LogP contribution in [-0.4, -0.2) is 0 Å². The molecule has 0 aromatic heterocycles. The maximum absolute atomic E-state index is 8.85. The van der Waals surface area contributed by atoms with Crippen LogP contribution in [0.25, 0.3) is 17.2 Å². The molecule has 4 rings (SSSR count). The average molecular weight is 420 g/mol. The largest absolute Gasteiger partial charge is 0.185 e. The highest BCUT2D eigenvalue weighted by Gasteiger charge is 2.16. The molecule has 0 N–H and O–H groups in total. The number of rotatable bonds is 4. The number of hydrogen-bond acceptors (Lipinski definition) is 2. The first-order valence-corrected chi connectivity index (χ1v) is 11.5. The zero-order valence-corrected chi connectivity index (χ0v) is 19.1. The van der Waals surface area contributed by atoms with Crippen LogP contribution in [0.3, 0.4) is 0 Å². The molecule has 0 amide bonds. The van der Waals surface area contributed by atoms with Crippen molar-refractivity contribution in [2.75, 3.05) is 0 Å². The third-order valence-electron chi connectivity index (χ3n) is 5.85. The Labute approximate surface area is 189 Å². The first-order valence-electron chi connectivity index (χ1n) is 10.7. The van der Waals surface area contributed by atoms with Crippen LogP contribution in [0.4, 0.5) is 0 Å². The fraction of sp³-hybridized carbons (Fsp3) is 0.207. The molecule has 1 nitrogen and oxygen atoms in total. The summed E-state index contributed by atoms with van der Waals surface area (Å²) in [6.45, 7) is 6.51. The molecule has 0 atom stereocenters. The minimum Gasteiger partial charge on any atom is -0.185 e. The average Bonchev–Trinajstić information content (AvgIpc) is 3.19. The lowest BCUT2D eigenvalue weighted by Gasteiger charge is -2.12. The quantitative estimate of drug-likeness (QED) is 0.246. The van der Waals surface area contributed by atoms with Gasteiger partial charge in [-0.25, -0.2) is 0 Å². The van der Waals surface area contributed by atoms with Crippen LogP contribution >= 0.6 is 11.8 Å². The van der Waals surface area contributed by atoms with Gasteiger partial charge in [0.1, 0.15) is 5.40 Å². The summed E-state index contributed by atoms with van der Waals surface area (Å²) in [5.74, 6) is 6.51. The summed E-state index contributed by atoms with van der Waals surface area (Å²) >= 11 is 1.19. The Morgan fingerprint density at radius 2 is 1.68 bits per heavy atom. The summed E-state index contributed by atoms with van der Waals surface area (Å²) in [7, 11) is 0. The molecular formula is C29H25NS. The number of nitrogens with zero attached hydrogens (tertiary/aromatic N) is 1. The number of thioether (sulfide) groups is 1. The zero-order chi connectivity index (χ0) is 21.8. The van der Waals surface area contributed by atoms with Gasteiger partial charge >= 0.3 is 0 Å². The highest BCUT2D eigenvalue weighted by molar-refractivity contribution is 8.03. The Bertz CT molecular complexity index is 1260. The molecule has 0 aliphatic heterocycles. The Balaban J connectivity index is 1.53. The lowest BCUT2D eigenvalue weighted by atomic mass is 9.93. The molecule has 31 heavy (non-hydrogen) atoms. The van der Waals surface area contributed by atoms with Gasteiger partial charge in [0.05, 0.1) is 0 Å². The molecule has 0 radical (unpaired) electrons. The van der Waals surface area contributed by atoms with Crippen molar-refractivity contribution in [1.82, 2.24) is 0 Å². The van der Waals surface area contributed by atoms with Gasteiger partial charge < -0.3 is 0 Å². The van der Waals surface area contributed by atoms with Gasteiger partial charge in [-0.3, -0.25) is 0 Å². The predicted octanol–water partition coefficient (Wildman–Crippen LogP) is 7.68. The van der Waals surface area contributed by atoms with E-state index < -0.39 is 0 Å². The lowest BCUT2D eigenvalue weighted by molar-refractivity contribution is 0.885. The van der Waals surface area contributed by atoms with Crippen molar-refractivity contribution in [3.8, 4) is 28.4 Å². The zero-order valence-electron chi connectivity index (χ0n) is 18.3. The van der Waals surface area contributed by atoms with E-state index in [1.54, 1.807) is 5.57 Å². The second-order valence-corrected chi connectivity index (χ2v) is 8.86. The number of hydrogen-bond donors (Lipinski definition) is 0. The molecule has 0 fully saturated rings. The molecule has 1 aliphatic rings. The monoisotopic (exact) mass is 419 g/mol. The van der Waals surface area contributed by atoms with Gasteiger partial charge in [-0.2, -0.15) is 5.26 Å². The molecule has 2 heteroatoms. The van der Waals surface area contributed by atoms with Gasteiger partial charge in [-0.1, -0.05) is 61.1 Å². The fourth-order valence-electron chi connectivity index (χ4n) is 4.21. The SMILES string of the molecule is CCCC1=Cc2ccc(-c3ccc(C#Cc4ccc(SC#N)c(C)c4)cc3)c(C)c2C1. The van der Waals surface area contributed by atoms with E-state index in [4.69, 9.17) is 5.26 Å². The minimum absolute atomic E-state index is 0.966. The van der Waals surface area contributed by atoms with Crippen LogP contribution in [0, 0.1) is 36.4 Å². The molecule has 0 heterocycles. The van der Waals surface area contributed by atoms with E-state index in [2.05, 4.69) is 73.6 Å². The molecular weight excluding hydrogens is 394 g/mol. The molecule has 152 valence electrons. The van der Waals surface area contributed by atoms with E-state index in [0.29, 0.717) is 0 Å². The van der Waals surface area contributed by atoms with Gasteiger partial charge in [0.25, 0.3) is 0 Å². The van der Waals surface area contributed by atoms with E-state index in [-0.39, 0.29) is 0 Å². The second kappa shape index (κ2) is 9.30. The number of benzene rings is 3. The van der Waals surface area contributed by atoms with Crippen LogP contribution < -0.4 is 0 Å². The van der Waals surface area contributed by atoms with Crippen molar-refractivity contribution in [3.05, 3.63) is 93.6 Å². The van der Waals surface area contributed by atoms with Crippen molar-refractivity contribution < 1.29 is 0 Å². The van der Waals surface area contributed by atoms with Crippen LogP contribution in [0.1, 0.15) is 53.1 Å². The Kier molecular flexibility index (Phi) is 6.31. The van der Waals surface area contributed by atoms with E-state index in [9.17, 15) is 0 Å². The molecule has 0 unspecified atom stereocenters. The number of aryl methyl sites for hydroxylation is 1. The first-order chi connectivity index (χ1) is 15.1. The highest BCUT2D eigenvalue weighted by Crippen LogP contribution is 2.35. The number of thiocyanates is 1. The summed E-state index contributed by atoms with van der Waals surface area (Å²) in [6.07, 6.45) is 5.87. The van der Waals surface area contributed by atoms with Gasteiger partial charge in [0.15, 0.2) is 0 Å². The van der Waals surface area contributed by atoms with Crippen molar-refractivity contribution in [2.45, 2.75) is 44.9 Å². The second-order valence-electron chi connectivity index (χ2n) is 8.04. The van der Waals surface area contributed by atoms with Crippen LogP contribution in [0.15, 0.2) is 65.1 Å². The third kappa shape index (κ3) is 4.61. The van der Waals surface area contributed by atoms with E-state index in [1.165, 1.54) is 52.4 Å². The standard InChI is InChI=1S/C29H25NS/c1-4-5-24-17-26-13-14-27(21(3)28(26)18-24)25-11-8-22(9-12-25)6-7-23-10-15-29(31-19-30)20(2)16-23/h8-17H,4-5,18H2,1-3H3. The summed E-state index contributed by atoms with van der Waals surface area (Å²) in [4.78, 5) is 0.985. The molecule has 0 bridgehead atoms. The maximum atomic E-state index is 8.85. The van der Waals surface area contributed by atoms with Crippen LogP contribution in [0.5, 0.6) is 0 Å². The Hall–Kier alpha value is -3.20. The molecule has 0 spiro atoms. The van der Waals surface area contributed by atoms with Gasteiger partial charge in [-0.15, -0.1) is 0 Å². The summed E-state index contributed by atoms with van der Waals surface area (Å²) in [5.41, 5.74) is 11.4. The number of fused-ring (bicyclic) bond motifs is 1. The molecule has 3 aromatic carbocycles. The van der Waals surface area contributed by atoms with Gasteiger partial charge in [0.2, 0.25) is 0 Å². The van der Waals surface area contributed by atoms with Crippen molar-refractivity contribution >= 4 is 17.8 Å². The van der Waals surface area contributed by atoms with Crippen LogP contribution in [0.2, 0.25) is 0 Å². The topological polar surface area (TPSA) is 23.8 Å².